The van der Waals surface area contributed by atoms with E-state index in [1.165, 1.54) is 46.4 Å². The van der Waals surface area contributed by atoms with Gasteiger partial charge in [-0.05, 0) is 24.0 Å². The van der Waals surface area contributed by atoms with E-state index in [9.17, 15) is 24.8 Å². The quantitative estimate of drug-likeness (QED) is 0.343. The van der Waals surface area contributed by atoms with Crippen LogP contribution in [0.2, 0.25) is 0 Å². The fourth-order valence-corrected chi connectivity index (χ4v) is 4.26. The second-order valence-electron chi connectivity index (χ2n) is 7.73. The first-order valence-corrected chi connectivity index (χ1v) is 10.4. The molecule has 3 heterocycles. The summed E-state index contributed by atoms with van der Waals surface area (Å²) < 4.78 is 10.5. The summed E-state index contributed by atoms with van der Waals surface area (Å²) in [5.41, 5.74) is -0.447. The van der Waals surface area contributed by atoms with Gasteiger partial charge in [0.1, 0.15) is 13.1 Å². The lowest BCUT2D eigenvalue weighted by atomic mass is 9.94. The predicted molar refractivity (Wildman–Crippen MR) is 109 cm³/mol. The molecule has 2 aromatic rings. The van der Waals surface area contributed by atoms with Gasteiger partial charge in [0.15, 0.2) is 5.76 Å². The number of ketones is 1. The average Bonchev–Trinajstić information content (AvgIpc) is 3.42. The molecule has 2 aliphatic heterocycles. The van der Waals surface area contributed by atoms with Crippen molar-refractivity contribution in [1.29, 1.82) is 0 Å². The van der Waals surface area contributed by atoms with Crippen molar-refractivity contribution in [2.45, 2.75) is 12.5 Å². The molecule has 0 saturated carbocycles. The number of nitrogens with one attached hydrogen (secondary N) is 1. The maximum Gasteiger partial charge on any atom is 0.275 e. The van der Waals surface area contributed by atoms with Crippen LogP contribution in [-0.2, 0) is 9.53 Å². The van der Waals surface area contributed by atoms with Gasteiger partial charge in [0.25, 0.3) is 5.69 Å². The van der Waals surface area contributed by atoms with E-state index in [1.54, 1.807) is 6.07 Å². The normalized spacial score (nSPS) is 19.6. The zero-order chi connectivity index (χ0) is 22.7. The van der Waals surface area contributed by atoms with E-state index in [0.29, 0.717) is 19.6 Å². The highest BCUT2D eigenvalue weighted by molar-refractivity contribution is 6.14. The minimum absolute atomic E-state index is 0.0932. The summed E-state index contributed by atoms with van der Waals surface area (Å²) in [5, 5.41) is 24.6. The molecule has 1 fully saturated rings. The second kappa shape index (κ2) is 9.33. The first kappa shape index (κ1) is 21.7. The summed E-state index contributed by atoms with van der Waals surface area (Å²) in [6, 6.07) is 7.61. The number of morpholine rings is 1. The van der Waals surface area contributed by atoms with Crippen molar-refractivity contribution in [3.63, 3.8) is 0 Å². The Hall–Kier alpha value is -3.50. The summed E-state index contributed by atoms with van der Waals surface area (Å²) >= 11 is 0. The Bertz CT molecular complexity index is 1040. The molecule has 0 bridgehead atoms. The van der Waals surface area contributed by atoms with Crippen LogP contribution in [0.5, 0.6) is 0 Å². The summed E-state index contributed by atoms with van der Waals surface area (Å²) in [4.78, 5) is 39.7. The lowest BCUT2D eigenvalue weighted by molar-refractivity contribution is -0.908. The molecule has 1 aromatic heterocycles. The van der Waals surface area contributed by atoms with Crippen molar-refractivity contribution in [1.82, 2.24) is 4.90 Å². The van der Waals surface area contributed by atoms with E-state index >= 15 is 0 Å². The summed E-state index contributed by atoms with van der Waals surface area (Å²) in [6.07, 6.45) is 1.87. The van der Waals surface area contributed by atoms with Gasteiger partial charge < -0.3 is 24.1 Å². The van der Waals surface area contributed by atoms with Gasteiger partial charge in [-0.3, -0.25) is 19.7 Å². The Morgan fingerprint density at radius 1 is 1.19 bits per heavy atom. The number of carbonyl (C=O) groups excluding carboxylic acids is 2. The van der Waals surface area contributed by atoms with Gasteiger partial charge in [0.2, 0.25) is 11.7 Å². The fourth-order valence-electron chi connectivity index (χ4n) is 4.26. The van der Waals surface area contributed by atoms with Crippen LogP contribution in [0.3, 0.4) is 0 Å². The lowest BCUT2D eigenvalue weighted by Gasteiger charge is -2.29. The largest absolute Gasteiger partial charge is 0.868 e. The molecule has 1 unspecified atom stereocenters. The van der Waals surface area contributed by atoms with Crippen molar-refractivity contribution in [3.05, 3.63) is 75.4 Å². The molecule has 168 valence electrons. The maximum atomic E-state index is 13.1. The molecule has 2 aliphatic rings. The molecule has 0 spiro atoms. The van der Waals surface area contributed by atoms with E-state index in [-0.39, 0.29) is 29.1 Å². The Morgan fingerprint density at radius 2 is 1.94 bits per heavy atom. The van der Waals surface area contributed by atoms with E-state index in [2.05, 4.69) is 0 Å². The monoisotopic (exact) mass is 441 g/mol. The number of nitro benzene ring substituents is 1. The summed E-state index contributed by atoms with van der Waals surface area (Å²) in [6.45, 7) is 4.01. The summed E-state index contributed by atoms with van der Waals surface area (Å²) in [7, 11) is 0. The molecule has 1 N–H and O–H groups in total. The molecule has 10 heteroatoms. The number of rotatable bonds is 8. The van der Waals surface area contributed by atoms with Crippen LogP contribution < -0.4 is 10.0 Å². The fraction of sp³-hybridized carbons (Fsp3) is 0.364. The molecule has 1 saturated heterocycles. The number of furan rings is 1. The first-order chi connectivity index (χ1) is 15.5. The van der Waals surface area contributed by atoms with Crippen molar-refractivity contribution < 1.29 is 33.7 Å². The van der Waals surface area contributed by atoms with Gasteiger partial charge in [-0.2, -0.15) is 0 Å². The minimum atomic E-state index is -1.14. The van der Waals surface area contributed by atoms with Crippen molar-refractivity contribution in [2.75, 3.05) is 39.4 Å². The number of hydrogen-bond acceptors (Lipinski definition) is 7. The number of hydrogen-bond donors (Lipinski definition) is 1. The SMILES string of the molecule is O=C(C1=C([O-])C(=O)N(CCC[NH+]2CCOCC2)C1c1ccccc1[N+](=O)[O-])c1ccco1. The molecule has 1 atom stereocenters. The van der Waals surface area contributed by atoms with Gasteiger partial charge in [-0.1, -0.05) is 12.1 Å². The maximum absolute atomic E-state index is 13.1. The number of nitrogens with zero attached hydrogens (tertiary/aromatic N) is 2. The summed E-state index contributed by atoms with van der Waals surface area (Å²) in [5.74, 6) is -2.62. The van der Waals surface area contributed by atoms with E-state index < -0.39 is 28.4 Å². The molecule has 0 radical (unpaired) electrons. The highest BCUT2D eigenvalue weighted by Gasteiger charge is 2.42. The number of nitro groups is 1. The number of para-hydroxylation sites is 1. The van der Waals surface area contributed by atoms with E-state index in [4.69, 9.17) is 9.15 Å². The van der Waals surface area contributed by atoms with Crippen LogP contribution in [0.25, 0.3) is 0 Å². The smallest absolute Gasteiger partial charge is 0.275 e. The first-order valence-electron chi connectivity index (χ1n) is 10.4. The Balaban J connectivity index is 1.67. The molecule has 32 heavy (non-hydrogen) atoms. The topological polar surface area (TPSA) is 130 Å². The van der Waals surface area contributed by atoms with Gasteiger partial charge in [-0.25, -0.2) is 0 Å². The predicted octanol–water partition coefficient (Wildman–Crippen LogP) is -0.126. The van der Waals surface area contributed by atoms with E-state index in [1.807, 2.05) is 0 Å². The van der Waals surface area contributed by atoms with Crippen LogP contribution in [0.4, 0.5) is 5.69 Å². The number of quaternary nitrogens is 1. The van der Waals surface area contributed by atoms with Crippen LogP contribution in [0.1, 0.15) is 28.6 Å². The molecule has 4 rings (SSSR count). The third-order valence-electron chi connectivity index (χ3n) is 5.83. The van der Waals surface area contributed by atoms with Crippen LogP contribution in [-0.4, -0.2) is 60.9 Å². The molecule has 0 aliphatic carbocycles. The number of ether oxygens (including phenoxy) is 1. The van der Waals surface area contributed by atoms with Crippen LogP contribution in [0, 0.1) is 10.1 Å². The molecular formula is C22H23N3O7. The van der Waals surface area contributed by atoms with Crippen molar-refractivity contribution in [3.8, 4) is 0 Å². The van der Waals surface area contributed by atoms with Gasteiger partial charge in [0.05, 0.1) is 42.6 Å². The van der Waals surface area contributed by atoms with Crippen LogP contribution in [0.15, 0.2) is 58.4 Å². The Kier molecular flexibility index (Phi) is 6.33. The molecule has 1 aromatic carbocycles. The molecular weight excluding hydrogens is 418 g/mol. The molecule has 10 nitrogen and oxygen atoms in total. The zero-order valence-corrected chi connectivity index (χ0v) is 17.3. The standard InChI is InChI=1S/C22H23N3O7/c26-20(17-7-3-12-32-17)18-19(15-5-1-2-6-16(15)25(29)30)24(22(28)21(18)27)9-4-8-23-10-13-31-14-11-23/h1-3,5-7,12,19,27H,4,8-11,13-14H2. The molecule has 1 amide bonds. The van der Waals surface area contributed by atoms with Crippen molar-refractivity contribution >= 4 is 17.4 Å². The third kappa shape index (κ3) is 4.14. The Labute approximate surface area is 183 Å². The lowest BCUT2D eigenvalue weighted by Crippen LogP contribution is -3.14. The zero-order valence-electron chi connectivity index (χ0n) is 17.3. The highest BCUT2D eigenvalue weighted by Crippen LogP contribution is 2.41. The van der Waals surface area contributed by atoms with Gasteiger partial charge in [-0.15, -0.1) is 0 Å². The Morgan fingerprint density at radius 3 is 2.62 bits per heavy atom. The third-order valence-corrected chi connectivity index (χ3v) is 5.83. The number of carbonyl (C=O) groups is 2. The second-order valence-corrected chi connectivity index (χ2v) is 7.73. The number of Topliss-reactive ketones (excluding diaryl/α,β-unsaturated/α-hetero) is 1. The van der Waals surface area contributed by atoms with E-state index in [0.717, 1.165) is 19.6 Å². The minimum Gasteiger partial charge on any atom is -0.868 e. The van der Waals surface area contributed by atoms with Gasteiger partial charge in [0, 0.05) is 24.6 Å². The number of benzene rings is 1. The van der Waals surface area contributed by atoms with Crippen LogP contribution >= 0.6 is 0 Å². The number of amides is 1. The average molecular weight is 441 g/mol. The van der Waals surface area contributed by atoms with Crippen molar-refractivity contribution in [2.24, 2.45) is 0 Å². The van der Waals surface area contributed by atoms with Gasteiger partial charge >= 0.3 is 0 Å². The highest BCUT2D eigenvalue weighted by atomic mass is 16.6.